The van der Waals surface area contributed by atoms with Crippen molar-refractivity contribution in [2.45, 2.75) is 38.8 Å². The molecule has 8 nitrogen and oxygen atoms in total. The maximum absolute atomic E-state index is 10.8. The predicted molar refractivity (Wildman–Crippen MR) is 63.0 cm³/mol. The maximum Gasteiger partial charge on any atom is 0.356 e. The van der Waals surface area contributed by atoms with E-state index in [1.807, 2.05) is 0 Å². The van der Waals surface area contributed by atoms with Crippen molar-refractivity contribution in [3.05, 3.63) is 23.3 Å². The van der Waals surface area contributed by atoms with Crippen LogP contribution in [0.25, 0.3) is 0 Å². The van der Waals surface area contributed by atoms with Gasteiger partial charge in [-0.05, 0) is 27.7 Å². The lowest BCUT2D eigenvalue weighted by Crippen LogP contribution is -2.52. The number of carboxylic acid groups (broad SMARTS) is 1. The predicted octanol–water partition coefficient (Wildman–Crippen LogP) is 1.54. The van der Waals surface area contributed by atoms with Crippen LogP contribution in [0.1, 0.15) is 27.7 Å². The van der Waals surface area contributed by atoms with Gasteiger partial charge in [0.15, 0.2) is 11.5 Å². The van der Waals surface area contributed by atoms with Gasteiger partial charge in [0.05, 0.1) is 11.1 Å². The van der Waals surface area contributed by atoms with E-state index in [9.17, 15) is 15.2 Å². The van der Waals surface area contributed by atoms with Crippen molar-refractivity contribution in [1.82, 2.24) is 10.1 Å². The summed E-state index contributed by atoms with van der Waals surface area (Å²) in [5, 5.41) is 38.1. The Hall–Kier alpha value is -1.93. The third-order valence-electron chi connectivity index (χ3n) is 3.94. The summed E-state index contributed by atoms with van der Waals surface area (Å²) in [6, 6.07) is 0. The molecule has 0 aromatic rings. The van der Waals surface area contributed by atoms with Gasteiger partial charge in [0, 0.05) is 6.08 Å². The molecule has 0 unspecified atom stereocenters. The summed E-state index contributed by atoms with van der Waals surface area (Å²) in [6.45, 7) is 6.99. The van der Waals surface area contributed by atoms with Crippen LogP contribution in [0.15, 0.2) is 33.5 Å². The number of hydroxylamine groups is 4. The van der Waals surface area contributed by atoms with Crippen LogP contribution in [0.5, 0.6) is 0 Å². The van der Waals surface area contributed by atoms with E-state index >= 15 is 0 Å². The normalized spacial score (nSPS) is 24.2. The van der Waals surface area contributed by atoms with Gasteiger partial charge in [0.1, 0.15) is 5.70 Å². The zero-order valence-corrected chi connectivity index (χ0v) is 11.1. The molecule has 0 bridgehead atoms. The molecule has 0 radical (unpaired) electrons. The van der Waals surface area contributed by atoms with Crippen LogP contribution in [0, 0.1) is 0 Å². The van der Waals surface area contributed by atoms with Crippen molar-refractivity contribution in [3.8, 4) is 0 Å². The molecular weight excluding hydrogens is 252 g/mol. The van der Waals surface area contributed by atoms with Crippen LogP contribution < -0.4 is 0 Å². The number of carboxylic acids is 1. The van der Waals surface area contributed by atoms with Crippen LogP contribution in [0.3, 0.4) is 0 Å². The number of hydrogen-bond donors (Lipinski definition) is 3. The monoisotopic (exact) mass is 268 g/mol. The lowest BCUT2D eigenvalue weighted by Gasteiger charge is -2.37. The lowest BCUT2D eigenvalue weighted by molar-refractivity contribution is -0.132. The summed E-state index contributed by atoms with van der Waals surface area (Å²) in [5.41, 5.74) is -1.73. The second-order valence-electron chi connectivity index (χ2n) is 5.49. The van der Waals surface area contributed by atoms with Crippen molar-refractivity contribution in [1.29, 1.82) is 0 Å². The SMILES string of the molecule is CC1(C)N(O)C(=C2C=C(C(=O)O)N=N2)N(O)C1(C)C. The van der Waals surface area contributed by atoms with E-state index in [1.54, 1.807) is 27.7 Å². The molecule has 2 aliphatic heterocycles. The third kappa shape index (κ3) is 1.64. The standard InChI is InChI=1S/C11H16N4O4/c1-10(2)11(3,4)15(19)8(14(10)18)6-5-7(9(16)17)13-12-6/h5,18-19H,1-4H3,(H,16,17). The molecule has 1 saturated heterocycles. The topological polar surface area (TPSA) is 109 Å². The van der Waals surface area contributed by atoms with Gasteiger partial charge in [-0.2, -0.15) is 0 Å². The number of rotatable bonds is 1. The fourth-order valence-electron chi connectivity index (χ4n) is 1.86. The minimum absolute atomic E-state index is 0.00926. The molecule has 0 aromatic carbocycles. The summed E-state index contributed by atoms with van der Waals surface area (Å²) < 4.78 is 0. The molecule has 1 fully saturated rings. The third-order valence-corrected chi connectivity index (χ3v) is 3.94. The van der Waals surface area contributed by atoms with Crippen molar-refractivity contribution in [2.24, 2.45) is 10.2 Å². The Morgan fingerprint density at radius 3 is 1.95 bits per heavy atom. The van der Waals surface area contributed by atoms with Gasteiger partial charge in [-0.1, -0.05) is 0 Å². The van der Waals surface area contributed by atoms with E-state index in [-0.39, 0.29) is 17.2 Å². The molecule has 0 amide bonds. The van der Waals surface area contributed by atoms with E-state index in [2.05, 4.69) is 10.2 Å². The zero-order valence-electron chi connectivity index (χ0n) is 11.1. The molecule has 2 heterocycles. The van der Waals surface area contributed by atoms with Gasteiger partial charge in [-0.3, -0.25) is 10.4 Å². The molecule has 0 aromatic heterocycles. The first-order valence-electron chi connectivity index (χ1n) is 5.70. The smallest absolute Gasteiger partial charge is 0.356 e. The largest absolute Gasteiger partial charge is 0.476 e. The van der Waals surface area contributed by atoms with Gasteiger partial charge in [-0.15, -0.1) is 10.2 Å². The number of aliphatic carboxylic acids is 1. The number of allylic oxidation sites excluding steroid dienone is 1. The summed E-state index contributed by atoms with van der Waals surface area (Å²) >= 11 is 0. The summed E-state index contributed by atoms with van der Waals surface area (Å²) in [4.78, 5) is 10.8. The second-order valence-corrected chi connectivity index (χ2v) is 5.49. The first-order chi connectivity index (χ1) is 8.60. The Labute approximate surface area is 109 Å². The Morgan fingerprint density at radius 1 is 1.11 bits per heavy atom. The Bertz CT molecular complexity index is 511. The minimum Gasteiger partial charge on any atom is -0.476 e. The maximum atomic E-state index is 10.8. The number of carbonyl (C=O) groups is 1. The van der Waals surface area contributed by atoms with Crippen molar-refractivity contribution in [3.63, 3.8) is 0 Å². The average Bonchev–Trinajstić information content (AvgIpc) is 2.81. The first kappa shape index (κ1) is 13.5. The molecule has 19 heavy (non-hydrogen) atoms. The summed E-state index contributed by atoms with van der Waals surface area (Å²) in [6.07, 6.45) is 1.20. The molecule has 0 aliphatic carbocycles. The highest BCUT2D eigenvalue weighted by Crippen LogP contribution is 2.44. The zero-order chi connectivity index (χ0) is 14.6. The second kappa shape index (κ2) is 3.78. The molecule has 2 rings (SSSR count). The highest BCUT2D eigenvalue weighted by atomic mass is 16.6. The van der Waals surface area contributed by atoms with E-state index < -0.39 is 17.0 Å². The van der Waals surface area contributed by atoms with E-state index in [4.69, 9.17) is 5.11 Å². The molecule has 8 heteroatoms. The minimum atomic E-state index is -1.22. The van der Waals surface area contributed by atoms with Crippen molar-refractivity contribution in [2.75, 3.05) is 0 Å². The van der Waals surface area contributed by atoms with Gasteiger partial charge < -0.3 is 5.11 Å². The molecule has 0 saturated carbocycles. The highest BCUT2D eigenvalue weighted by molar-refractivity contribution is 5.87. The molecule has 2 aliphatic rings. The van der Waals surface area contributed by atoms with E-state index in [0.29, 0.717) is 0 Å². The molecular formula is C11H16N4O4. The Balaban J connectivity index is 2.54. The molecule has 0 spiro atoms. The fraction of sp³-hybridized carbons (Fsp3) is 0.545. The number of nitrogens with zero attached hydrogens (tertiary/aromatic N) is 4. The van der Waals surface area contributed by atoms with E-state index in [0.717, 1.165) is 10.1 Å². The van der Waals surface area contributed by atoms with Crippen molar-refractivity contribution < 1.29 is 20.3 Å². The summed E-state index contributed by atoms with van der Waals surface area (Å²) in [7, 11) is 0. The Morgan fingerprint density at radius 2 is 1.58 bits per heavy atom. The van der Waals surface area contributed by atoms with Crippen LogP contribution in [-0.2, 0) is 4.79 Å². The van der Waals surface area contributed by atoms with Crippen LogP contribution >= 0.6 is 0 Å². The molecule has 3 N–H and O–H groups in total. The van der Waals surface area contributed by atoms with Crippen molar-refractivity contribution >= 4 is 5.97 Å². The highest BCUT2D eigenvalue weighted by Gasteiger charge is 2.56. The molecule has 0 atom stereocenters. The number of hydrogen-bond acceptors (Lipinski definition) is 7. The number of azo groups is 1. The Kier molecular flexibility index (Phi) is 2.69. The van der Waals surface area contributed by atoms with Crippen LogP contribution in [0.2, 0.25) is 0 Å². The van der Waals surface area contributed by atoms with Crippen LogP contribution in [0.4, 0.5) is 0 Å². The van der Waals surface area contributed by atoms with Gasteiger partial charge in [-0.25, -0.2) is 14.9 Å². The first-order valence-corrected chi connectivity index (χ1v) is 5.70. The van der Waals surface area contributed by atoms with Crippen LogP contribution in [-0.4, -0.2) is 42.7 Å². The fourth-order valence-corrected chi connectivity index (χ4v) is 1.86. The molecule has 104 valence electrons. The van der Waals surface area contributed by atoms with E-state index in [1.165, 1.54) is 6.08 Å². The lowest BCUT2D eigenvalue weighted by atomic mass is 9.84. The van der Waals surface area contributed by atoms with Gasteiger partial charge in [0.2, 0.25) is 0 Å². The van der Waals surface area contributed by atoms with Gasteiger partial charge in [0.25, 0.3) is 0 Å². The summed E-state index contributed by atoms with van der Waals surface area (Å²) in [5.74, 6) is -1.21. The average molecular weight is 268 g/mol. The quantitative estimate of drug-likeness (QED) is 0.665. The van der Waals surface area contributed by atoms with Gasteiger partial charge >= 0.3 is 5.97 Å².